The number of phenols is 1. The van der Waals surface area contributed by atoms with E-state index >= 15 is 0 Å². The summed E-state index contributed by atoms with van der Waals surface area (Å²) in [6.45, 7) is 2.61. The number of pyridine rings is 1. The molecule has 0 unspecified atom stereocenters. The van der Waals surface area contributed by atoms with Crippen molar-refractivity contribution in [1.82, 2.24) is 9.88 Å². The van der Waals surface area contributed by atoms with E-state index in [0.29, 0.717) is 13.1 Å². The van der Waals surface area contributed by atoms with Crippen LogP contribution in [0.15, 0.2) is 42.7 Å². The highest BCUT2D eigenvalue weighted by atomic mass is 16.3. The average Bonchev–Trinajstić information content (AvgIpc) is 2.55. The average molecular weight is 309 g/mol. The molecule has 0 radical (unpaired) electrons. The molecule has 2 rings (SSSR count). The van der Waals surface area contributed by atoms with Crippen molar-refractivity contribution in [2.45, 2.75) is 26.3 Å². The molecule has 1 amide bonds. The molecular formula is C18H19N3O2. The topological polar surface area (TPSA) is 77.2 Å². The van der Waals surface area contributed by atoms with Gasteiger partial charge in [0.1, 0.15) is 5.75 Å². The Morgan fingerprint density at radius 2 is 2.17 bits per heavy atom. The summed E-state index contributed by atoms with van der Waals surface area (Å²) in [5.41, 5.74) is 2.45. The van der Waals surface area contributed by atoms with Crippen molar-refractivity contribution < 1.29 is 9.90 Å². The largest absolute Gasteiger partial charge is 0.508 e. The van der Waals surface area contributed by atoms with E-state index in [1.54, 1.807) is 29.4 Å². The van der Waals surface area contributed by atoms with Crippen LogP contribution in [0.2, 0.25) is 0 Å². The normalized spacial score (nSPS) is 10.1. The zero-order valence-electron chi connectivity index (χ0n) is 13.1. The Bertz CT molecular complexity index is 708. The maximum absolute atomic E-state index is 12.5. The third-order valence-corrected chi connectivity index (χ3v) is 3.57. The number of hydrogen-bond donors (Lipinski definition) is 1. The van der Waals surface area contributed by atoms with Crippen LogP contribution in [0, 0.1) is 18.3 Å². The van der Waals surface area contributed by atoms with Gasteiger partial charge >= 0.3 is 0 Å². The highest BCUT2D eigenvalue weighted by Gasteiger charge is 2.15. The van der Waals surface area contributed by atoms with Crippen molar-refractivity contribution >= 4 is 5.91 Å². The zero-order chi connectivity index (χ0) is 16.7. The van der Waals surface area contributed by atoms with E-state index in [4.69, 9.17) is 5.26 Å². The number of carbonyl (C=O) groups excluding carboxylic acids is 1. The lowest BCUT2D eigenvalue weighted by Gasteiger charge is -2.22. The predicted molar refractivity (Wildman–Crippen MR) is 86.4 cm³/mol. The van der Waals surface area contributed by atoms with Crippen molar-refractivity contribution in [2.24, 2.45) is 0 Å². The lowest BCUT2D eigenvalue weighted by atomic mass is 10.1. The van der Waals surface area contributed by atoms with Gasteiger partial charge in [0.2, 0.25) is 5.91 Å². The second-order valence-corrected chi connectivity index (χ2v) is 5.38. The first-order valence-electron chi connectivity index (χ1n) is 7.42. The molecule has 1 aromatic heterocycles. The van der Waals surface area contributed by atoms with E-state index < -0.39 is 0 Å². The minimum Gasteiger partial charge on any atom is -0.508 e. The predicted octanol–water partition coefficient (Wildman–Crippen LogP) is 2.58. The number of amides is 1. The second kappa shape index (κ2) is 7.95. The van der Waals surface area contributed by atoms with Crippen LogP contribution in [-0.2, 0) is 17.8 Å². The van der Waals surface area contributed by atoms with Gasteiger partial charge in [-0.05, 0) is 35.7 Å². The number of hydrogen-bond acceptors (Lipinski definition) is 4. The van der Waals surface area contributed by atoms with Crippen molar-refractivity contribution in [3.05, 3.63) is 59.4 Å². The Labute approximate surface area is 135 Å². The van der Waals surface area contributed by atoms with Crippen LogP contribution >= 0.6 is 0 Å². The quantitative estimate of drug-likeness (QED) is 0.889. The van der Waals surface area contributed by atoms with Crippen LogP contribution in [0.3, 0.4) is 0 Å². The Morgan fingerprint density at radius 1 is 1.35 bits per heavy atom. The molecule has 0 saturated heterocycles. The summed E-state index contributed by atoms with van der Waals surface area (Å²) in [7, 11) is 0. The van der Waals surface area contributed by atoms with Gasteiger partial charge in [0, 0.05) is 25.5 Å². The highest BCUT2D eigenvalue weighted by molar-refractivity contribution is 5.79. The molecule has 23 heavy (non-hydrogen) atoms. The van der Waals surface area contributed by atoms with Gasteiger partial charge < -0.3 is 10.0 Å². The summed E-state index contributed by atoms with van der Waals surface area (Å²) in [6, 6.07) is 11.0. The zero-order valence-corrected chi connectivity index (χ0v) is 13.1. The van der Waals surface area contributed by atoms with Gasteiger partial charge in [0.05, 0.1) is 18.9 Å². The molecule has 5 nitrogen and oxygen atoms in total. The summed E-state index contributed by atoms with van der Waals surface area (Å²) in [6.07, 6.45) is 3.87. The smallest absolute Gasteiger partial charge is 0.227 e. The first kappa shape index (κ1) is 16.5. The Morgan fingerprint density at radius 3 is 2.83 bits per heavy atom. The van der Waals surface area contributed by atoms with E-state index in [1.165, 1.54) is 0 Å². The molecule has 0 aliphatic heterocycles. The van der Waals surface area contributed by atoms with Crippen LogP contribution in [-0.4, -0.2) is 27.4 Å². The molecule has 1 heterocycles. The summed E-state index contributed by atoms with van der Waals surface area (Å²) in [4.78, 5) is 18.2. The first-order valence-corrected chi connectivity index (χ1v) is 7.42. The van der Waals surface area contributed by atoms with Crippen LogP contribution in [0.1, 0.15) is 23.1 Å². The van der Waals surface area contributed by atoms with Crippen LogP contribution in [0.5, 0.6) is 5.75 Å². The Balaban J connectivity index is 2.09. The van der Waals surface area contributed by atoms with E-state index in [9.17, 15) is 9.90 Å². The number of aromatic nitrogens is 1. The maximum atomic E-state index is 12.5. The van der Waals surface area contributed by atoms with Crippen LogP contribution < -0.4 is 0 Å². The van der Waals surface area contributed by atoms with Gasteiger partial charge in [-0.15, -0.1) is 0 Å². The molecule has 0 atom stereocenters. The molecule has 0 aliphatic rings. The van der Waals surface area contributed by atoms with E-state index in [2.05, 4.69) is 11.1 Å². The molecular weight excluding hydrogens is 290 g/mol. The van der Waals surface area contributed by atoms with Gasteiger partial charge in [0.25, 0.3) is 0 Å². The molecule has 5 heteroatoms. The number of aromatic hydroxyl groups is 1. The van der Waals surface area contributed by atoms with E-state index in [-0.39, 0.29) is 24.5 Å². The molecule has 2 aromatic rings. The summed E-state index contributed by atoms with van der Waals surface area (Å²) in [5, 5.41) is 18.5. The van der Waals surface area contributed by atoms with Gasteiger partial charge in [-0.3, -0.25) is 9.78 Å². The molecule has 0 spiro atoms. The number of carbonyl (C=O) groups is 1. The minimum atomic E-state index is -0.0765. The molecule has 1 aromatic carbocycles. The highest BCUT2D eigenvalue weighted by Crippen LogP contribution is 2.18. The number of nitriles is 1. The fourth-order valence-corrected chi connectivity index (χ4v) is 2.24. The SMILES string of the molecule is Cc1ccc(CC(=O)N(CCC#N)Cc2cccnc2)cc1O. The van der Waals surface area contributed by atoms with Gasteiger partial charge in [-0.25, -0.2) is 0 Å². The standard InChI is InChI=1S/C18H19N3O2/c1-14-5-6-15(10-17(14)22)11-18(23)21(9-3-7-19)13-16-4-2-8-20-12-16/h2,4-6,8,10,12,22H,3,9,11,13H2,1H3. The van der Waals surface area contributed by atoms with Gasteiger partial charge in [-0.2, -0.15) is 5.26 Å². The van der Waals surface area contributed by atoms with Crippen LogP contribution in [0.4, 0.5) is 0 Å². The minimum absolute atomic E-state index is 0.0765. The Hall–Kier alpha value is -2.87. The Kier molecular flexibility index (Phi) is 5.70. The fourth-order valence-electron chi connectivity index (χ4n) is 2.24. The van der Waals surface area contributed by atoms with Crippen molar-refractivity contribution in [2.75, 3.05) is 6.54 Å². The first-order chi connectivity index (χ1) is 11.1. The molecule has 118 valence electrons. The third-order valence-electron chi connectivity index (χ3n) is 3.57. The number of nitrogens with zero attached hydrogens (tertiary/aromatic N) is 3. The van der Waals surface area contributed by atoms with E-state index in [1.807, 2.05) is 25.1 Å². The van der Waals surface area contributed by atoms with Crippen molar-refractivity contribution in [1.29, 1.82) is 5.26 Å². The lowest BCUT2D eigenvalue weighted by Crippen LogP contribution is -2.32. The molecule has 0 bridgehead atoms. The number of benzene rings is 1. The summed E-state index contributed by atoms with van der Waals surface area (Å²) >= 11 is 0. The summed E-state index contributed by atoms with van der Waals surface area (Å²) in [5.74, 6) is 0.110. The second-order valence-electron chi connectivity index (χ2n) is 5.38. The van der Waals surface area contributed by atoms with Crippen molar-refractivity contribution in [3.8, 4) is 11.8 Å². The van der Waals surface area contributed by atoms with Gasteiger partial charge in [0.15, 0.2) is 0 Å². The monoisotopic (exact) mass is 309 g/mol. The number of phenolic OH excluding ortho intramolecular Hbond substituents is 1. The molecule has 0 aliphatic carbocycles. The molecule has 0 fully saturated rings. The number of rotatable bonds is 6. The summed E-state index contributed by atoms with van der Waals surface area (Å²) < 4.78 is 0. The van der Waals surface area contributed by atoms with E-state index in [0.717, 1.165) is 16.7 Å². The van der Waals surface area contributed by atoms with Crippen molar-refractivity contribution in [3.63, 3.8) is 0 Å². The fraction of sp³-hybridized carbons (Fsp3) is 0.278. The van der Waals surface area contributed by atoms with Crippen LogP contribution in [0.25, 0.3) is 0 Å². The third kappa shape index (κ3) is 4.82. The molecule has 0 saturated carbocycles. The maximum Gasteiger partial charge on any atom is 0.227 e. The molecule has 1 N–H and O–H groups in total. The number of aryl methyl sites for hydroxylation is 1. The van der Waals surface area contributed by atoms with Gasteiger partial charge in [-0.1, -0.05) is 18.2 Å². The lowest BCUT2D eigenvalue weighted by molar-refractivity contribution is -0.131.